The van der Waals surface area contributed by atoms with E-state index in [0.29, 0.717) is 12.1 Å². The Kier molecular flexibility index (Phi) is 5.36. The SMILES string of the molecule is CCc1ccccc1CNCc1cc(C#N)ccc1OC. The molecule has 21 heavy (non-hydrogen) atoms. The van der Waals surface area contributed by atoms with Crippen molar-refractivity contribution in [1.82, 2.24) is 5.32 Å². The maximum atomic E-state index is 8.99. The normalized spacial score (nSPS) is 10.1. The molecule has 0 aromatic heterocycles. The van der Waals surface area contributed by atoms with Crippen LogP contribution in [0.1, 0.15) is 29.2 Å². The number of nitrogens with one attached hydrogen (secondary N) is 1. The Morgan fingerprint density at radius 1 is 1.05 bits per heavy atom. The smallest absolute Gasteiger partial charge is 0.123 e. The highest BCUT2D eigenvalue weighted by atomic mass is 16.5. The van der Waals surface area contributed by atoms with Crippen LogP contribution in [-0.2, 0) is 19.5 Å². The summed E-state index contributed by atoms with van der Waals surface area (Å²) >= 11 is 0. The van der Waals surface area contributed by atoms with E-state index in [2.05, 4.69) is 42.6 Å². The van der Waals surface area contributed by atoms with E-state index in [1.807, 2.05) is 12.1 Å². The molecule has 0 aliphatic heterocycles. The van der Waals surface area contributed by atoms with Crippen molar-refractivity contribution in [3.05, 3.63) is 64.7 Å². The van der Waals surface area contributed by atoms with Crippen LogP contribution in [0.2, 0.25) is 0 Å². The number of methoxy groups -OCH3 is 1. The molecule has 0 aliphatic rings. The Morgan fingerprint density at radius 3 is 2.43 bits per heavy atom. The topological polar surface area (TPSA) is 45.0 Å². The first-order valence-corrected chi connectivity index (χ1v) is 7.13. The molecule has 0 aliphatic carbocycles. The second kappa shape index (κ2) is 7.47. The summed E-state index contributed by atoms with van der Waals surface area (Å²) in [5, 5.41) is 12.4. The van der Waals surface area contributed by atoms with E-state index >= 15 is 0 Å². The molecule has 0 radical (unpaired) electrons. The van der Waals surface area contributed by atoms with Crippen molar-refractivity contribution in [3.63, 3.8) is 0 Å². The molecule has 0 saturated carbocycles. The molecule has 0 amide bonds. The van der Waals surface area contributed by atoms with Gasteiger partial charge in [-0.15, -0.1) is 0 Å². The van der Waals surface area contributed by atoms with Crippen molar-refractivity contribution in [3.8, 4) is 11.8 Å². The van der Waals surface area contributed by atoms with Gasteiger partial charge in [-0.2, -0.15) is 5.26 Å². The lowest BCUT2D eigenvalue weighted by Crippen LogP contribution is -2.14. The fourth-order valence-corrected chi connectivity index (χ4v) is 2.39. The second-order valence-corrected chi connectivity index (χ2v) is 4.86. The predicted octanol–water partition coefficient (Wildman–Crippen LogP) is 3.42. The lowest BCUT2D eigenvalue weighted by atomic mass is 10.1. The van der Waals surface area contributed by atoms with Crippen molar-refractivity contribution < 1.29 is 4.74 Å². The fourth-order valence-electron chi connectivity index (χ4n) is 2.39. The molecule has 3 nitrogen and oxygen atoms in total. The molecule has 0 unspecified atom stereocenters. The zero-order chi connectivity index (χ0) is 15.1. The summed E-state index contributed by atoms with van der Waals surface area (Å²) in [6.07, 6.45) is 1.03. The third-order valence-corrected chi connectivity index (χ3v) is 3.54. The van der Waals surface area contributed by atoms with Crippen molar-refractivity contribution in [2.24, 2.45) is 0 Å². The number of aryl methyl sites for hydroxylation is 1. The third kappa shape index (κ3) is 3.84. The number of benzene rings is 2. The highest BCUT2D eigenvalue weighted by molar-refractivity contribution is 5.42. The summed E-state index contributed by atoms with van der Waals surface area (Å²) in [6.45, 7) is 3.65. The minimum Gasteiger partial charge on any atom is -0.496 e. The van der Waals surface area contributed by atoms with Gasteiger partial charge < -0.3 is 10.1 Å². The maximum absolute atomic E-state index is 8.99. The van der Waals surface area contributed by atoms with Crippen LogP contribution in [0.25, 0.3) is 0 Å². The first-order valence-electron chi connectivity index (χ1n) is 7.13. The quantitative estimate of drug-likeness (QED) is 0.882. The maximum Gasteiger partial charge on any atom is 0.123 e. The molecule has 2 rings (SSSR count). The minimum absolute atomic E-state index is 0.654. The monoisotopic (exact) mass is 280 g/mol. The van der Waals surface area contributed by atoms with Gasteiger partial charge in [0.15, 0.2) is 0 Å². The van der Waals surface area contributed by atoms with Crippen LogP contribution in [-0.4, -0.2) is 7.11 Å². The summed E-state index contributed by atoms with van der Waals surface area (Å²) in [5.74, 6) is 0.810. The van der Waals surface area contributed by atoms with Crippen LogP contribution in [0.15, 0.2) is 42.5 Å². The molecule has 0 fully saturated rings. The Bertz CT molecular complexity index is 644. The van der Waals surface area contributed by atoms with Gasteiger partial charge in [-0.3, -0.25) is 0 Å². The molecule has 108 valence electrons. The molecule has 3 heteroatoms. The predicted molar refractivity (Wildman–Crippen MR) is 84.1 cm³/mol. The Hall–Kier alpha value is -2.31. The van der Waals surface area contributed by atoms with Crippen molar-refractivity contribution in [1.29, 1.82) is 5.26 Å². The van der Waals surface area contributed by atoms with Crippen LogP contribution < -0.4 is 10.1 Å². The highest BCUT2D eigenvalue weighted by Crippen LogP contribution is 2.19. The van der Waals surface area contributed by atoms with E-state index in [4.69, 9.17) is 10.00 Å². The third-order valence-electron chi connectivity index (χ3n) is 3.54. The fraction of sp³-hybridized carbons (Fsp3) is 0.278. The van der Waals surface area contributed by atoms with Crippen molar-refractivity contribution in [2.75, 3.05) is 7.11 Å². The van der Waals surface area contributed by atoms with Gasteiger partial charge in [0.05, 0.1) is 18.7 Å². The number of rotatable bonds is 6. The molecule has 2 aromatic carbocycles. The van der Waals surface area contributed by atoms with Crippen LogP contribution in [0.4, 0.5) is 0 Å². The molecular formula is C18H20N2O. The van der Waals surface area contributed by atoms with E-state index in [1.165, 1.54) is 11.1 Å². The average molecular weight is 280 g/mol. The largest absolute Gasteiger partial charge is 0.496 e. The highest BCUT2D eigenvalue weighted by Gasteiger charge is 2.05. The van der Waals surface area contributed by atoms with E-state index in [1.54, 1.807) is 13.2 Å². The average Bonchev–Trinajstić information content (AvgIpc) is 2.55. The molecule has 0 bridgehead atoms. The van der Waals surface area contributed by atoms with E-state index in [9.17, 15) is 0 Å². The number of hydrogen-bond donors (Lipinski definition) is 1. The molecule has 0 heterocycles. The minimum atomic E-state index is 0.654. The first kappa shape index (κ1) is 15.1. The van der Waals surface area contributed by atoms with Crippen molar-refractivity contribution >= 4 is 0 Å². The molecule has 0 spiro atoms. The summed E-state index contributed by atoms with van der Waals surface area (Å²) < 4.78 is 5.34. The zero-order valence-corrected chi connectivity index (χ0v) is 12.5. The summed E-state index contributed by atoms with van der Waals surface area (Å²) in [7, 11) is 1.65. The van der Waals surface area contributed by atoms with Gasteiger partial charge in [0, 0.05) is 18.7 Å². The van der Waals surface area contributed by atoms with Crippen LogP contribution in [0, 0.1) is 11.3 Å². The molecule has 1 N–H and O–H groups in total. The van der Waals surface area contributed by atoms with Gasteiger partial charge in [0.1, 0.15) is 5.75 Å². The van der Waals surface area contributed by atoms with Crippen LogP contribution >= 0.6 is 0 Å². The van der Waals surface area contributed by atoms with Gasteiger partial charge in [-0.05, 0) is 35.7 Å². The zero-order valence-electron chi connectivity index (χ0n) is 12.5. The number of nitriles is 1. The molecule has 2 aromatic rings. The summed E-state index contributed by atoms with van der Waals surface area (Å²) in [6, 6.07) is 16.1. The number of hydrogen-bond acceptors (Lipinski definition) is 3. The molecule has 0 saturated heterocycles. The van der Waals surface area contributed by atoms with Crippen LogP contribution in [0.3, 0.4) is 0 Å². The lowest BCUT2D eigenvalue weighted by molar-refractivity contribution is 0.407. The Labute approximate surface area is 126 Å². The molecular weight excluding hydrogens is 260 g/mol. The van der Waals surface area contributed by atoms with Crippen molar-refractivity contribution in [2.45, 2.75) is 26.4 Å². The summed E-state index contributed by atoms with van der Waals surface area (Å²) in [5.41, 5.74) is 4.34. The number of ether oxygens (including phenoxy) is 1. The first-order chi connectivity index (χ1) is 10.3. The summed E-state index contributed by atoms with van der Waals surface area (Å²) in [4.78, 5) is 0. The Morgan fingerprint density at radius 2 is 1.76 bits per heavy atom. The van der Waals surface area contributed by atoms with E-state index in [0.717, 1.165) is 24.3 Å². The van der Waals surface area contributed by atoms with Gasteiger partial charge >= 0.3 is 0 Å². The van der Waals surface area contributed by atoms with E-state index < -0.39 is 0 Å². The van der Waals surface area contributed by atoms with Crippen LogP contribution in [0.5, 0.6) is 5.75 Å². The standard InChI is InChI=1S/C18H20N2O/c1-3-15-6-4-5-7-16(15)12-20-13-17-10-14(11-19)8-9-18(17)21-2/h4-10,20H,3,12-13H2,1-2H3. The van der Waals surface area contributed by atoms with Gasteiger partial charge in [-0.25, -0.2) is 0 Å². The number of nitrogens with zero attached hydrogens (tertiary/aromatic N) is 1. The van der Waals surface area contributed by atoms with Gasteiger partial charge in [-0.1, -0.05) is 31.2 Å². The van der Waals surface area contributed by atoms with Gasteiger partial charge in [0.2, 0.25) is 0 Å². The Balaban J connectivity index is 2.05. The second-order valence-electron chi connectivity index (χ2n) is 4.86. The molecule has 0 atom stereocenters. The van der Waals surface area contributed by atoms with E-state index in [-0.39, 0.29) is 0 Å². The van der Waals surface area contributed by atoms with Gasteiger partial charge in [0.25, 0.3) is 0 Å². The lowest BCUT2D eigenvalue weighted by Gasteiger charge is -2.12.